The Bertz CT molecular complexity index is 234. The van der Waals surface area contributed by atoms with Gasteiger partial charge in [-0.05, 0) is 51.6 Å². The van der Waals surface area contributed by atoms with Crippen molar-refractivity contribution in [1.29, 1.82) is 0 Å². The first kappa shape index (κ1) is 14.5. The van der Waals surface area contributed by atoms with Crippen molar-refractivity contribution < 1.29 is 9.90 Å². The van der Waals surface area contributed by atoms with Gasteiger partial charge in [0.15, 0.2) is 0 Å². The highest BCUT2D eigenvalue weighted by Gasteiger charge is 2.20. The lowest BCUT2D eigenvalue weighted by Crippen LogP contribution is -2.39. The van der Waals surface area contributed by atoms with Gasteiger partial charge in [0.25, 0.3) is 0 Å². The number of aliphatic carboxylic acids is 1. The summed E-state index contributed by atoms with van der Waals surface area (Å²) in [6.07, 6.45) is 5.60. The Labute approximate surface area is 105 Å². The Kier molecular flexibility index (Phi) is 5.96. The van der Waals surface area contributed by atoms with Gasteiger partial charge in [-0.25, -0.2) is 0 Å². The maximum absolute atomic E-state index is 10.7. The molecular weight excluding hydrogens is 214 g/mol. The maximum atomic E-state index is 10.7. The van der Waals surface area contributed by atoms with Gasteiger partial charge in [-0.2, -0.15) is 0 Å². The first-order valence-electron chi connectivity index (χ1n) is 6.97. The lowest BCUT2D eigenvalue weighted by Gasteiger charge is -2.35. The molecule has 0 saturated carbocycles. The molecule has 0 radical (unpaired) electrons. The highest BCUT2D eigenvalue weighted by molar-refractivity contribution is 5.69. The molecule has 0 amide bonds. The topological polar surface area (TPSA) is 40.5 Å². The molecule has 1 rings (SSSR count). The molecular formula is C14H27NO2. The zero-order valence-electron chi connectivity index (χ0n) is 11.5. The molecule has 1 aliphatic rings. The molecule has 3 nitrogen and oxygen atoms in total. The highest BCUT2D eigenvalue weighted by atomic mass is 16.4. The van der Waals surface area contributed by atoms with E-state index in [0.717, 1.165) is 25.2 Å². The minimum atomic E-state index is -0.663. The van der Waals surface area contributed by atoms with Crippen LogP contribution in [0.1, 0.15) is 52.9 Å². The third-order valence-corrected chi connectivity index (χ3v) is 4.12. The molecule has 0 bridgehead atoms. The number of rotatable bonds is 6. The predicted octanol–water partition coefficient (Wildman–Crippen LogP) is 3.00. The van der Waals surface area contributed by atoms with E-state index in [0.29, 0.717) is 6.04 Å². The summed E-state index contributed by atoms with van der Waals surface area (Å²) in [6, 6.07) is 0.614. The van der Waals surface area contributed by atoms with Gasteiger partial charge in [-0.15, -0.1) is 0 Å². The normalized spacial score (nSPS) is 22.3. The van der Waals surface area contributed by atoms with Crippen molar-refractivity contribution in [3.8, 4) is 0 Å². The molecule has 1 aliphatic heterocycles. The van der Waals surface area contributed by atoms with Crippen LogP contribution in [0.3, 0.4) is 0 Å². The monoisotopic (exact) mass is 241 g/mol. The van der Waals surface area contributed by atoms with Crippen LogP contribution in [-0.4, -0.2) is 35.1 Å². The number of likely N-dealkylation sites (tertiary alicyclic amines) is 1. The second-order valence-corrected chi connectivity index (χ2v) is 5.74. The molecule has 3 heteroatoms. The Balaban J connectivity index is 2.16. The number of carbonyl (C=O) groups is 1. The molecule has 0 aliphatic carbocycles. The first-order valence-corrected chi connectivity index (χ1v) is 6.97. The third kappa shape index (κ3) is 5.07. The van der Waals surface area contributed by atoms with Crippen LogP contribution in [0, 0.1) is 11.8 Å². The van der Waals surface area contributed by atoms with Crippen LogP contribution in [0.2, 0.25) is 0 Å². The van der Waals surface area contributed by atoms with Gasteiger partial charge >= 0.3 is 5.97 Å². The van der Waals surface area contributed by atoms with Crippen molar-refractivity contribution in [1.82, 2.24) is 4.90 Å². The van der Waals surface area contributed by atoms with Crippen LogP contribution < -0.4 is 0 Å². The van der Waals surface area contributed by atoms with E-state index in [1.807, 2.05) is 0 Å². The summed E-state index contributed by atoms with van der Waals surface area (Å²) in [5.74, 6) is 0.0264. The average Bonchev–Trinajstić information content (AvgIpc) is 2.29. The van der Waals surface area contributed by atoms with Crippen molar-refractivity contribution in [3.05, 3.63) is 0 Å². The van der Waals surface area contributed by atoms with Gasteiger partial charge in [0.2, 0.25) is 0 Å². The number of hydrogen-bond donors (Lipinski definition) is 1. The van der Waals surface area contributed by atoms with Crippen LogP contribution in [0.25, 0.3) is 0 Å². The van der Waals surface area contributed by atoms with E-state index in [-0.39, 0.29) is 5.92 Å². The summed E-state index contributed by atoms with van der Waals surface area (Å²) in [4.78, 5) is 13.3. The number of hydrogen-bond acceptors (Lipinski definition) is 2. The van der Waals surface area contributed by atoms with Crippen molar-refractivity contribution in [2.24, 2.45) is 11.8 Å². The van der Waals surface area contributed by atoms with Crippen LogP contribution in [0.5, 0.6) is 0 Å². The molecule has 0 spiro atoms. The highest BCUT2D eigenvalue weighted by Crippen LogP contribution is 2.20. The molecule has 1 N–H and O–H groups in total. The molecule has 17 heavy (non-hydrogen) atoms. The lowest BCUT2D eigenvalue weighted by atomic mass is 9.96. The first-order chi connectivity index (χ1) is 8.00. The van der Waals surface area contributed by atoms with E-state index < -0.39 is 5.97 Å². The minimum Gasteiger partial charge on any atom is -0.481 e. The number of piperidine rings is 1. The van der Waals surface area contributed by atoms with Crippen LogP contribution >= 0.6 is 0 Å². The van der Waals surface area contributed by atoms with Crippen molar-refractivity contribution in [2.75, 3.05) is 13.1 Å². The summed E-state index contributed by atoms with van der Waals surface area (Å²) >= 11 is 0. The second-order valence-electron chi connectivity index (χ2n) is 5.74. The predicted molar refractivity (Wildman–Crippen MR) is 70.1 cm³/mol. The SMILES string of the molecule is CC1CCN(C(C)CCCC(C)C(=O)O)CC1. The molecule has 1 saturated heterocycles. The summed E-state index contributed by atoms with van der Waals surface area (Å²) in [5.41, 5.74) is 0. The summed E-state index contributed by atoms with van der Waals surface area (Å²) in [6.45, 7) is 8.85. The maximum Gasteiger partial charge on any atom is 0.306 e. The number of nitrogens with zero attached hydrogens (tertiary/aromatic N) is 1. The Hall–Kier alpha value is -0.570. The molecule has 1 heterocycles. The number of carboxylic acid groups (broad SMARTS) is 1. The molecule has 0 aromatic rings. The number of carboxylic acids is 1. The summed E-state index contributed by atoms with van der Waals surface area (Å²) in [7, 11) is 0. The minimum absolute atomic E-state index is 0.191. The van der Waals surface area contributed by atoms with Gasteiger partial charge in [-0.3, -0.25) is 4.79 Å². The Morgan fingerprint density at radius 1 is 1.29 bits per heavy atom. The fraction of sp³-hybridized carbons (Fsp3) is 0.929. The van der Waals surface area contributed by atoms with E-state index >= 15 is 0 Å². The van der Waals surface area contributed by atoms with E-state index in [1.165, 1.54) is 25.9 Å². The average molecular weight is 241 g/mol. The third-order valence-electron chi connectivity index (χ3n) is 4.12. The lowest BCUT2D eigenvalue weighted by molar-refractivity contribution is -0.141. The fourth-order valence-electron chi connectivity index (χ4n) is 2.49. The van der Waals surface area contributed by atoms with Crippen molar-refractivity contribution in [2.45, 2.75) is 58.9 Å². The second kappa shape index (κ2) is 7.00. The standard InChI is InChI=1S/C14H27NO2/c1-11-7-9-15(10-8-11)13(3)6-4-5-12(2)14(16)17/h11-13H,4-10H2,1-3H3,(H,16,17). The van der Waals surface area contributed by atoms with Crippen molar-refractivity contribution >= 4 is 5.97 Å². The molecule has 100 valence electrons. The Morgan fingerprint density at radius 3 is 2.41 bits per heavy atom. The fourth-order valence-corrected chi connectivity index (χ4v) is 2.49. The van der Waals surface area contributed by atoms with E-state index in [2.05, 4.69) is 18.7 Å². The van der Waals surface area contributed by atoms with Gasteiger partial charge in [0, 0.05) is 6.04 Å². The van der Waals surface area contributed by atoms with Gasteiger partial charge in [0.05, 0.1) is 5.92 Å². The molecule has 0 aromatic heterocycles. The molecule has 1 fully saturated rings. The van der Waals surface area contributed by atoms with Gasteiger partial charge in [-0.1, -0.05) is 20.3 Å². The van der Waals surface area contributed by atoms with Crippen LogP contribution in [0.15, 0.2) is 0 Å². The largest absolute Gasteiger partial charge is 0.481 e. The molecule has 2 unspecified atom stereocenters. The zero-order valence-corrected chi connectivity index (χ0v) is 11.5. The smallest absolute Gasteiger partial charge is 0.306 e. The van der Waals surface area contributed by atoms with Gasteiger partial charge < -0.3 is 10.0 Å². The van der Waals surface area contributed by atoms with E-state index in [4.69, 9.17) is 5.11 Å². The van der Waals surface area contributed by atoms with E-state index in [9.17, 15) is 4.79 Å². The zero-order chi connectivity index (χ0) is 12.8. The molecule has 0 aromatic carbocycles. The molecule has 2 atom stereocenters. The van der Waals surface area contributed by atoms with Crippen LogP contribution in [0.4, 0.5) is 0 Å². The van der Waals surface area contributed by atoms with Crippen LogP contribution in [-0.2, 0) is 4.79 Å². The quantitative estimate of drug-likeness (QED) is 0.777. The van der Waals surface area contributed by atoms with E-state index in [1.54, 1.807) is 6.92 Å². The van der Waals surface area contributed by atoms with Gasteiger partial charge in [0.1, 0.15) is 0 Å². The summed E-state index contributed by atoms with van der Waals surface area (Å²) in [5, 5.41) is 8.81. The Morgan fingerprint density at radius 2 is 1.88 bits per heavy atom. The summed E-state index contributed by atoms with van der Waals surface area (Å²) < 4.78 is 0. The van der Waals surface area contributed by atoms with Crippen molar-refractivity contribution in [3.63, 3.8) is 0 Å².